The highest BCUT2D eigenvalue weighted by atomic mass is 79.9. The third-order valence-electron chi connectivity index (χ3n) is 4.48. The number of phenolic OH excluding ortho intramolecular Hbond substituents is 1. The Hall–Kier alpha value is -1.36. The van der Waals surface area contributed by atoms with Crippen LogP contribution >= 0.6 is 59.6 Å². The van der Waals surface area contributed by atoms with Gasteiger partial charge in [-0.2, -0.15) is 0 Å². The Balaban J connectivity index is 1.99. The molecule has 0 saturated carbocycles. The molecule has 4 rings (SSSR count). The predicted octanol–water partition coefficient (Wildman–Crippen LogP) is 5.19. The molecular formula is C19H16Br3N4O2S+. The summed E-state index contributed by atoms with van der Waals surface area (Å²) in [4.78, 5) is 15.9. The van der Waals surface area contributed by atoms with Crippen LogP contribution in [0.1, 0.15) is 25.1 Å². The summed E-state index contributed by atoms with van der Waals surface area (Å²) in [7, 11) is 0. The average Bonchev–Trinajstić information content (AvgIpc) is 2.70. The summed E-state index contributed by atoms with van der Waals surface area (Å²) in [5.74, 6) is 0.931. The molecule has 3 aromatic rings. The lowest BCUT2D eigenvalue weighted by atomic mass is 10.0. The largest absolute Gasteiger partial charge is 0.506 e. The number of rotatable bonds is 4. The van der Waals surface area contributed by atoms with Crippen LogP contribution < -0.4 is 15.6 Å². The first-order valence-corrected chi connectivity index (χ1v) is 12.2. The molecule has 2 aromatic carbocycles. The van der Waals surface area contributed by atoms with Crippen molar-refractivity contribution < 1.29 is 9.79 Å². The Morgan fingerprint density at radius 2 is 2.00 bits per heavy atom. The van der Waals surface area contributed by atoms with Gasteiger partial charge >= 0.3 is 11.3 Å². The fourth-order valence-corrected chi connectivity index (χ4v) is 6.46. The van der Waals surface area contributed by atoms with Crippen molar-refractivity contribution in [1.82, 2.24) is 10.1 Å². The molecule has 1 atom stereocenters. The monoisotopic (exact) mass is 601 g/mol. The van der Waals surface area contributed by atoms with Gasteiger partial charge in [0, 0.05) is 15.3 Å². The maximum Gasteiger partial charge on any atom is 0.325 e. The molecule has 1 aliphatic rings. The lowest BCUT2D eigenvalue weighted by molar-refractivity contribution is -0.759. The molecule has 29 heavy (non-hydrogen) atoms. The summed E-state index contributed by atoms with van der Waals surface area (Å²) in [5.41, 5.74) is 2.59. The van der Waals surface area contributed by atoms with Crippen molar-refractivity contribution in [1.29, 1.82) is 0 Å². The normalized spacial score (nSPS) is 14.8. The van der Waals surface area contributed by atoms with E-state index in [9.17, 15) is 9.90 Å². The highest BCUT2D eigenvalue weighted by molar-refractivity contribution is 9.11. The second kappa shape index (κ2) is 8.41. The number of benzene rings is 2. The van der Waals surface area contributed by atoms with Gasteiger partial charge in [0.2, 0.25) is 5.16 Å². The smallest absolute Gasteiger partial charge is 0.325 e. The fourth-order valence-electron chi connectivity index (χ4n) is 3.19. The van der Waals surface area contributed by atoms with Gasteiger partial charge < -0.3 is 10.4 Å². The molecule has 0 saturated heterocycles. The van der Waals surface area contributed by atoms with Gasteiger partial charge in [-0.3, -0.25) is 9.78 Å². The van der Waals surface area contributed by atoms with Crippen LogP contribution in [0.3, 0.4) is 0 Å². The summed E-state index contributed by atoms with van der Waals surface area (Å²) in [5, 5.41) is 19.2. The molecule has 10 heteroatoms. The van der Waals surface area contributed by atoms with E-state index in [1.165, 1.54) is 11.8 Å². The van der Waals surface area contributed by atoms with Crippen LogP contribution in [0.5, 0.6) is 5.75 Å². The van der Waals surface area contributed by atoms with Gasteiger partial charge in [-0.25, -0.2) is 0 Å². The number of hydrogen-bond acceptors (Lipinski definition) is 5. The first-order chi connectivity index (χ1) is 13.9. The average molecular weight is 604 g/mol. The van der Waals surface area contributed by atoms with Crippen LogP contribution in [0.2, 0.25) is 0 Å². The molecule has 1 aromatic heterocycles. The van der Waals surface area contributed by atoms with Crippen LogP contribution in [0.4, 0.5) is 5.69 Å². The minimum Gasteiger partial charge on any atom is -0.506 e. The predicted molar refractivity (Wildman–Crippen MR) is 124 cm³/mol. The maximum absolute atomic E-state index is 13.0. The molecule has 0 spiro atoms. The number of para-hydroxylation sites is 1. The summed E-state index contributed by atoms with van der Waals surface area (Å²) >= 11 is 12.0. The van der Waals surface area contributed by atoms with E-state index in [2.05, 4.69) is 65.0 Å². The van der Waals surface area contributed by atoms with Crippen LogP contribution in [0.25, 0.3) is 11.3 Å². The minimum atomic E-state index is -0.508. The van der Waals surface area contributed by atoms with Gasteiger partial charge in [0.1, 0.15) is 5.75 Å². The summed E-state index contributed by atoms with van der Waals surface area (Å²) in [6.07, 6.45) is 0.462. The first kappa shape index (κ1) is 20.9. The van der Waals surface area contributed by atoms with Crippen molar-refractivity contribution in [3.63, 3.8) is 0 Å². The molecule has 3 N–H and O–H groups in total. The number of thioether (sulfide) groups is 1. The first-order valence-electron chi connectivity index (χ1n) is 8.83. The number of halogens is 3. The Kier molecular flexibility index (Phi) is 6.06. The van der Waals surface area contributed by atoms with Gasteiger partial charge in [-0.05, 0) is 61.2 Å². The second-order valence-corrected chi connectivity index (χ2v) is 10.00. The van der Waals surface area contributed by atoms with Crippen molar-refractivity contribution in [2.45, 2.75) is 24.7 Å². The zero-order chi connectivity index (χ0) is 20.7. The SMILES string of the molecule is CCCSc1n[n+]2c(c(=O)[nH]1)-c1ccccc1N[C@H]2c1c(Br)cc(Br)c(O)c1Br. The number of fused-ring (bicyclic) bond motifs is 3. The Bertz CT molecular complexity index is 1170. The molecule has 0 amide bonds. The van der Waals surface area contributed by atoms with E-state index in [1.54, 1.807) is 10.7 Å². The molecule has 0 fully saturated rings. The number of nitrogens with one attached hydrogen (secondary N) is 2. The molecule has 150 valence electrons. The number of phenols is 1. The number of aromatic hydroxyl groups is 1. The van der Waals surface area contributed by atoms with Crippen LogP contribution in [-0.4, -0.2) is 20.9 Å². The molecule has 0 bridgehead atoms. The minimum absolute atomic E-state index is 0.0800. The van der Waals surface area contributed by atoms with E-state index < -0.39 is 6.17 Å². The Labute approximate surface area is 196 Å². The number of nitrogens with zero attached hydrogens (tertiary/aromatic N) is 2. The summed E-state index contributed by atoms with van der Waals surface area (Å²) in [6, 6.07) is 9.39. The maximum atomic E-state index is 13.0. The highest BCUT2D eigenvalue weighted by Gasteiger charge is 2.40. The fraction of sp³-hybridized carbons (Fsp3) is 0.211. The van der Waals surface area contributed by atoms with E-state index in [0.717, 1.165) is 33.5 Å². The lowest BCUT2D eigenvalue weighted by Gasteiger charge is -2.24. The second-order valence-electron chi connectivity index (χ2n) is 6.41. The highest BCUT2D eigenvalue weighted by Crippen LogP contribution is 2.43. The van der Waals surface area contributed by atoms with Crippen molar-refractivity contribution in [2.75, 3.05) is 11.1 Å². The third kappa shape index (κ3) is 3.75. The van der Waals surface area contributed by atoms with E-state index in [4.69, 9.17) is 5.10 Å². The van der Waals surface area contributed by atoms with Crippen LogP contribution in [0, 0.1) is 0 Å². The van der Waals surface area contributed by atoms with Crippen molar-refractivity contribution in [2.24, 2.45) is 0 Å². The standard InChI is InChI=1S/C19H15Br3N4O2S/c1-2-7-29-19-24-18(28)15-9-5-3-4-6-12(9)23-17(26(15)25-19)13-10(20)8-11(21)16(27)14(13)22/h3-6,8,17H,2,7H2,1H3,(H2,24,25,27,28)/p+1/t17-/m1/s1. The summed E-state index contributed by atoms with van der Waals surface area (Å²) < 4.78 is 3.52. The van der Waals surface area contributed by atoms with Crippen LogP contribution in [-0.2, 0) is 0 Å². The number of anilines is 1. The van der Waals surface area contributed by atoms with Crippen molar-refractivity contribution in [3.05, 3.63) is 59.7 Å². The zero-order valence-corrected chi connectivity index (χ0v) is 20.7. The number of hydrogen-bond donors (Lipinski definition) is 3. The van der Waals surface area contributed by atoms with Gasteiger partial charge in [0.05, 0.1) is 25.8 Å². The number of aromatic amines is 1. The number of aromatic nitrogens is 3. The molecule has 1 aliphatic heterocycles. The number of H-pyrrole nitrogens is 1. The van der Waals surface area contributed by atoms with Crippen molar-refractivity contribution in [3.8, 4) is 17.0 Å². The molecule has 0 unspecified atom stereocenters. The molecule has 6 nitrogen and oxygen atoms in total. The van der Waals surface area contributed by atoms with E-state index in [-0.39, 0.29) is 11.3 Å². The van der Waals surface area contributed by atoms with Gasteiger partial charge in [0.15, 0.2) is 0 Å². The molecular weight excluding hydrogens is 588 g/mol. The van der Waals surface area contributed by atoms with Gasteiger partial charge in [-0.1, -0.05) is 46.7 Å². The van der Waals surface area contributed by atoms with Gasteiger partial charge in [0.25, 0.3) is 6.17 Å². The summed E-state index contributed by atoms with van der Waals surface area (Å²) in [6.45, 7) is 2.08. The quantitative estimate of drug-likeness (QED) is 0.282. The molecule has 0 radical (unpaired) electrons. The Morgan fingerprint density at radius 3 is 2.76 bits per heavy atom. The zero-order valence-electron chi connectivity index (χ0n) is 15.2. The van der Waals surface area contributed by atoms with E-state index in [1.807, 2.05) is 24.3 Å². The van der Waals surface area contributed by atoms with Crippen molar-refractivity contribution >= 4 is 65.2 Å². The van der Waals surface area contributed by atoms with Crippen LogP contribution in [0.15, 0.2) is 53.7 Å². The lowest BCUT2D eigenvalue weighted by Crippen LogP contribution is -2.55. The topological polar surface area (TPSA) is 81.9 Å². The third-order valence-corrected chi connectivity index (χ3v) is 7.61. The Morgan fingerprint density at radius 1 is 1.24 bits per heavy atom. The molecule has 0 aliphatic carbocycles. The van der Waals surface area contributed by atoms with E-state index >= 15 is 0 Å². The molecule has 2 heterocycles. The van der Waals surface area contributed by atoms with Gasteiger partial charge in [-0.15, -0.1) is 0 Å². The van der Waals surface area contributed by atoms with E-state index in [0.29, 0.717) is 19.8 Å².